The highest BCUT2D eigenvalue weighted by Gasteiger charge is 2.12. The number of likely N-dealkylation sites (N-methyl/N-ethyl adjacent to an activating group) is 1. The lowest BCUT2D eigenvalue weighted by atomic mass is 9.91. The maximum atomic E-state index is 5.85. The number of nitrogens with zero attached hydrogens (tertiary/aromatic N) is 1. The Bertz CT molecular complexity index is 644. The van der Waals surface area contributed by atoms with Crippen LogP contribution >= 0.6 is 0 Å². The number of rotatable bonds is 4. The Kier molecular flexibility index (Phi) is 4.07. The van der Waals surface area contributed by atoms with E-state index in [1.165, 1.54) is 22.3 Å². The molecule has 1 aliphatic rings. The van der Waals surface area contributed by atoms with E-state index in [1.54, 1.807) is 0 Å². The molecule has 0 aromatic heterocycles. The first kappa shape index (κ1) is 13.9. The van der Waals surface area contributed by atoms with Crippen molar-refractivity contribution in [2.75, 3.05) is 19.3 Å². The molecule has 21 heavy (non-hydrogen) atoms. The van der Waals surface area contributed by atoms with Crippen molar-refractivity contribution in [2.24, 2.45) is 0 Å². The number of nitrogen functional groups attached to an aromatic ring is 1. The highest BCUT2D eigenvalue weighted by molar-refractivity contribution is 5.63. The lowest BCUT2D eigenvalue weighted by Crippen LogP contribution is -2.21. The Morgan fingerprint density at radius 2 is 1.81 bits per heavy atom. The van der Waals surface area contributed by atoms with Gasteiger partial charge >= 0.3 is 0 Å². The van der Waals surface area contributed by atoms with Gasteiger partial charge in [0.1, 0.15) is 0 Å². The van der Waals surface area contributed by atoms with E-state index in [0.29, 0.717) is 0 Å². The molecule has 0 bridgehead atoms. The second-order valence-corrected chi connectivity index (χ2v) is 5.92. The standard InChI is InChI=1S/C19H22N2/c1-21(13-15-5-3-2-4-6-15)14-16-7-8-18-12-19(20)10-9-17(18)11-16/h2-6,9-12H,7-8,13-14,20H2,1H3. The highest BCUT2D eigenvalue weighted by Crippen LogP contribution is 2.26. The Labute approximate surface area is 126 Å². The molecule has 3 rings (SSSR count). The summed E-state index contributed by atoms with van der Waals surface area (Å²) in [4.78, 5) is 2.38. The van der Waals surface area contributed by atoms with Crippen LogP contribution in [0.25, 0.3) is 6.08 Å². The van der Waals surface area contributed by atoms with Crippen LogP contribution in [-0.4, -0.2) is 18.5 Å². The third-order valence-electron chi connectivity index (χ3n) is 4.01. The zero-order chi connectivity index (χ0) is 14.7. The van der Waals surface area contributed by atoms with Crippen molar-refractivity contribution in [3.05, 3.63) is 70.8 Å². The monoisotopic (exact) mass is 278 g/mol. The molecule has 2 aromatic carbocycles. The highest BCUT2D eigenvalue weighted by atomic mass is 15.1. The molecular formula is C19H22N2. The third kappa shape index (κ3) is 3.53. The van der Waals surface area contributed by atoms with Gasteiger partial charge in [0.05, 0.1) is 0 Å². The van der Waals surface area contributed by atoms with Crippen molar-refractivity contribution in [1.29, 1.82) is 0 Å². The molecule has 0 unspecified atom stereocenters. The Hall–Kier alpha value is -2.06. The molecule has 0 heterocycles. The maximum absolute atomic E-state index is 5.85. The molecule has 1 aliphatic carbocycles. The molecule has 0 fully saturated rings. The van der Waals surface area contributed by atoms with Gasteiger partial charge in [-0.1, -0.05) is 48.0 Å². The summed E-state index contributed by atoms with van der Waals surface area (Å²) in [5, 5.41) is 0. The number of hydrogen-bond acceptors (Lipinski definition) is 2. The lowest BCUT2D eigenvalue weighted by molar-refractivity contribution is 0.352. The lowest BCUT2D eigenvalue weighted by Gasteiger charge is -2.22. The summed E-state index contributed by atoms with van der Waals surface area (Å²) < 4.78 is 0. The summed E-state index contributed by atoms with van der Waals surface area (Å²) in [5.41, 5.74) is 12.3. The smallest absolute Gasteiger partial charge is 0.0317 e. The van der Waals surface area contributed by atoms with Gasteiger partial charge in [0.25, 0.3) is 0 Å². The minimum Gasteiger partial charge on any atom is -0.399 e. The number of benzene rings is 2. The first-order valence-corrected chi connectivity index (χ1v) is 7.51. The minimum atomic E-state index is 0.867. The fourth-order valence-corrected chi connectivity index (χ4v) is 2.99. The Morgan fingerprint density at radius 3 is 2.62 bits per heavy atom. The molecule has 108 valence electrons. The van der Waals surface area contributed by atoms with E-state index < -0.39 is 0 Å². The SMILES string of the molecule is CN(CC1=Cc2ccc(N)cc2CC1)Cc1ccccc1. The largest absolute Gasteiger partial charge is 0.399 e. The summed E-state index contributed by atoms with van der Waals surface area (Å²) in [6.07, 6.45) is 4.57. The van der Waals surface area contributed by atoms with Crippen molar-refractivity contribution in [3.63, 3.8) is 0 Å². The van der Waals surface area contributed by atoms with E-state index in [2.05, 4.69) is 60.5 Å². The van der Waals surface area contributed by atoms with Crippen molar-refractivity contribution in [2.45, 2.75) is 19.4 Å². The van der Waals surface area contributed by atoms with Crippen molar-refractivity contribution < 1.29 is 0 Å². The van der Waals surface area contributed by atoms with E-state index in [0.717, 1.165) is 31.6 Å². The second-order valence-electron chi connectivity index (χ2n) is 5.92. The molecule has 2 nitrogen and oxygen atoms in total. The average molecular weight is 278 g/mol. The van der Waals surface area contributed by atoms with Gasteiger partial charge in [-0.2, -0.15) is 0 Å². The molecular weight excluding hydrogens is 256 g/mol. The fraction of sp³-hybridized carbons (Fsp3) is 0.263. The number of hydrogen-bond donors (Lipinski definition) is 1. The molecule has 2 N–H and O–H groups in total. The normalized spacial score (nSPS) is 13.9. The molecule has 2 heteroatoms. The van der Waals surface area contributed by atoms with Crippen LogP contribution < -0.4 is 5.73 Å². The van der Waals surface area contributed by atoms with Crippen molar-refractivity contribution >= 4 is 11.8 Å². The van der Waals surface area contributed by atoms with E-state index in [4.69, 9.17) is 5.73 Å². The summed E-state index contributed by atoms with van der Waals surface area (Å²) in [7, 11) is 2.19. The summed E-state index contributed by atoms with van der Waals surface area (Å²) in [6.45, 7) is 2.02. The summed E-state index contributed by atoms with van der Waals surface area (Å²) in [5.74, 6) is 0. The zero-order valence-electron chi connectivity index (χ0n) is 12.5. The number of aryl methyl sites for hydroxylation is 1. The predicted molar refractivity (Wildman–Crippen MR) is 89.9 cm³/mol. The molecule has 2 aromatic rings. The van der Waals surface area contributed by atoms with Crippen LogP contribution in [0.5, 0.6) is 0 Å². The van der Waals surface area contributed by atoms with Crippen LogP contribution in [0.3, 0.4) is 0 Å². The summed E-state index contributed by atoms with van der Waals surface area (Å²) >= 11 is 0. The molecule has 0 radical (unpaired) electrons. The number of nitrogens with two attached hydrogens (primary N) is 1. The fourth-order valence-electron chi connectivity index (χ4n) is 2.99. The van der Waals surface area contributed by atoms with Gasteiger partial charge in [0.2, 0.25) is 0 Å². The molecule has 0 saturated carbocycles. The van der Waals surface area contributed by atoms with Crippen LogP contribution in [0, 0.1) is 0 Å². The molecule has 0 amide bonds. The maximum Gasteiger partial charge on any atom is 0.0317 e. The van der Waals surface area contributed by atoms with Gasteiger partial charge in [-0.3, -0.25) is 4.90 Å². The predicted octanol–water partition coefficient (Wildman–Crippen LogP) is 3.73. The first-order chi connectivity index (χ1) is 10.2. The summed E-state index contributed by atoms with van der Waals surface area (Å²) in [6, 6.07) is 16.9. The van der Waals surface area contributed by atoms with Crippen LogP contribution in [0.4, 0.5) is 5.69 Å². The van der Waals surface area contributed by atoms with Crippen LogP contribution in [-0.2, 0) is 13.0 Å². The molecule has 0 spiro atoms. The first-order valence-electron chi connectivity index (χ1n) is 7.51. The minimum absolute atomic E-state index is 0.867. The molecule has 0 aliphatic heterocycles. The van der Waals surface area contributed by atoms with Gasteiger partial charge in [-0.15, -0.1) is 0 Å². The van der Waals surface area contributed by atoms with Crippen LogP contribution in [0.15, 0.2) is 54.1 Å². The Balaban J connectivity index is 1.67. The second kappa shape index (κ2) is 6.15. The number of fused-ring (bicyclic) bond motifs is 1. The average Bonchev–Trinajstić information content (AvgIpc) is 2.48. The van der Waals surface area contributed by atoms with E-state index in [1.807, 2.05) is 6.07 Å². The van der Waals surface area contributed by atoms with E-state index in [-0.39, 0.29) is 0 Å². The van der Waals surface area contributed by atoms with Crippen LogP contribution in [0.1, 0.15) is 23.1 Å². The van der Waals surface area contributed by atoms with Crippen LogP contribution in [0.2, 0.25) is 0 Å². The Morgan fingerprint density at radius 1 is 1.00 bits per heavy atom. The van der Waals surface area contributed by atoms with Gasteiger partial charge in [0.15, 0.2) is 0 Å². The van der Waals surface area contributed by atoms with E-state index in [9.17, 15) is 0 Å². The number of anilines is 1. The topological polar surface area (TPSA) is 29.3 Å². The molecule has 0 atom stereocenters. The van der Waals surface area contributed by atoms with E-state index >= 15 is 0 Å². The third-order valence-corrected chi connectivity index (χ3v) is 4.01. The molecule has 0 saturated heterocycles. The van der Waals surface area contributed by atoms with Gasteiger partial charge in [-0.25, -0.2) is 0 Å². The quantitative estimate of drug-likeness (QED) is 0.863. The van der Waals surface area contributed by atoms with Gasteiger partial charge in [-0.05, 0) is 48.7 Å². The zero-order valence-corrected chi connectivity index (χ0v) is 12.5. The van der Waals surface area contributed by atoms with Gasteiger partial charge in [0, 0.05) is 18.8 Å². The van der Waals surface area contributed by atoms with Crippen molar-refractivity contribution in [1.82, 2.24) is 4.90 Å². The van der Waals surface area contributed by atoms with Crippen molar-refractivity contribution in [3.8, 4) is 0 Å². The van der Waals surface area contributed by atoms with Gasteiger partial charge < -0.3 is 5.73 Å².